The zero-order valence-corrected chi connectivity index (χ0v) is 12.2. The van der Waals surface area contributed by atoms with Crippen LogP contribution in [0, 0.1) is 12.7 Å². The van der Waals surface area contributed by atoms with E-state index >= 15 is 0 Å². The van der Waals surface area contributed by atoms with Crippen molar-refractivity contribution in [2.75, 3.05) is 0 Å². The Morgan fingerprint density at radius 1 is 1.14 bits per heavy atom. The van der Waals surface area contributed by atoms with Crippen LogP contribution in [0.4, 0.5) is 4.39 Å². The van der Waals surface area contributed by atoms with Gasteiger partial charge in [0.2, 0.25) is 0 Å². The summed E-state index contributed by atoms with van der Waals surface area (Å²) in [6, 6.07) is 12.7. The van der Waals surface area contributed by atoms with Gasteiger partial charge in [-0.05, 0) is 42.0 Å². The van der Waals surface area contributed by atoms with E-state index < -0.39 is 6.10 Å². The molecule has 0 bridgehead atoms. The topological polar surface area (TPSA) is 29.5 Å². The van der Waals surface area contributed by atoms with Crippen LogP contribution in [0.1, 0.15) is 42.1 Å². The number of aliphatic hydroxyl groups excluding tert-OH is 1. The van der Waals surface area contributed by atoms with Crippen LogP contribution in [-0.2, 0) is 0 Å². The highest BCUT2D eigenvalue weighted by Crippen LogP contribution is 2.39. The van der Waals surface area contributed by atoms with Crippen LogP contribution >= 0.6 is 0 Å². The number of hydrogen-bond donors (Lipinski definition) is 1. The number of rotatable bonds is 2. The smallest absolute Gasteiger partial charge is 0.129 e. The lowest BCUT2D eigenvalue weighted by molar-refractivity contribution is 0.0178. The minimum Gasteiger partial charge on any atom is -0.487 e. The zero-order chi connectivity index (χ0) is 15.0. The maximum Gasteiger partial charge on any atom is 0.129 e. The molecule has 0 amide bonds. The Labute approximate surface area is 124 Å². The summed E-state index contributed by atoms with van der Waals surface area (Å²) in [7, 11) is 0. The summed E-state index contributed by atoms with van der Waals surface area (Å²) in [6.07, 6.45) is -0.313. The van der Waals surface area contributed by atoms with E-state index in [1.54, 1.807) is 19.1 Å². The summed E-state index contributed by atoms with van der Waals surface area (Å²) in [4.78, 5) is 0. The van der Waals surface area contributed by atoms with E-state index in [1.165, 1.54) is 11.6 Å². The Morgan fingerprint density at radius 2 is 1.86 bits per heavy atom. The van der Waals surface area contributed by atoms with Gasteiger partial charge in [-0.25, -0.2) is 4.39 Å². The first-order valence-electron chi connectivity index (χ1n) is 7.26. The molecule has 0 aliphatic heterocycles. The Bertz CT molecular complexity index is 653. The minimum absolute atomic E-state index is 0.286. The monoisotopic (exact) mass is 286 g/mol. The Hall–Kier alpha value is -1.87. The molecular weight excluding hydrogens is 267 g/mol. The first kappa shape index (κ1) is 14.1. The first-order valence-corrected chi connectivity index (χ1v) is 7.26. The normalized spacial score (nSPS) is 24.5. The predicted octanol–water partition coefficient (Wildman–Crippen LogP) is 4.12. The molecule has 3 atom stereocenters. The van der Waals surface area contributed by atoms with Gasteiger partial charge in [0, 0.05) is 6.07 Å². The maximum atomic E-state index is 13.6. The molecule has 110 valence electrons. The quantitative estimate of drug-likeness (QED) is 0.899. The second-order valence-electron chi connectivity index (χ2n) is 5.78. The number of aryl methyl sites for hydroxylation is 1. The molecule has 0 fully saturated rings. The van der Waals surface area contributed by atoms with Crippen molar-refractivity contribution in [3.05, 3.63) is 65.0 Å². The van der Waals surface area contributed by atoms with Gasteiger partial charge in [-0.15, -0.1) is 0 Å². The van der Waals surface area contributed by atoms with Crippen LogP contribution < -0.4 is 4.74 Å². The average Bonchev–Trinajstić information content (AvgIpc) is 2.48. The SMILES string of the molecule is Cc1ccc(OC2CC(C)c3ccccc3C2O)cc1F. The lowest BCUT2D eigenvalue weighted by Gasteiger charge is -2.34. The highest BCUT2D eigenvalue weighted by atomic mass is 19.1. The average molecular weight is 286 g/mol. The summed E-state index contributed by atoms with van der Waals surface area (Å²) in [5.74, 6) is 0.491. The van der Waals surface area contributed by atoms with Crippen molar-refractivity contribution >= 4 is 0 Å². The van der Waals surface area contributed by atoms with Crippen LogP contribution in [0.2, 0.25) is 0 Å². The number of fused-ring (bicyclic) bond motifs is 1. The number of ether oxygens (including phenoxy) is 1. The second kappa shape index (κ2) is 5.49. The molecule has 0 saturated carbocycles. The maximum absolute atomic E-state index is 13.6. The molecule has 2 aromatic rings. The van der Waals surface area contributed by atoms with E-state index in [-0.39, 0.29) is 11.9 Å². The highest BCUT2D eigenvalue weighted by Gasteiger charge is 2.33. The number of benzene rings is 2. The van der Waals surface area contributed by atoms with Crippen LogP contribution in [0.25, 0.3) is 0 Å². The number of halogens is 1. The van der Waals surface area contributed by atoms with Gasteiger partial charge in [-0.1, -0.05) is 37.3 Å². The third-order valence-electron chi connectivity index (χ3n) is 4.21. The van der Waals surface area contributed by atoms with Crippen molar-refractivity contribution in [1.29, 1.82) is 0 Å². The molecule has 3 heteroatoms. The highest BCUT2D eigenvalue weighted by molar-refractivity contribution is 5.36. The van der Waals surface area contributed by atoms with Gasteiger partial charge in [-0.2, -0.15) is 0 Å². The molecule has 1 aliphatic rings. The fourth-order valence-electron chi connectivity index (χ4n) is 2.97. The fourth-order valence-corrected chi connectivity index (χ4v) is 2.97. The molecule has 3 unspecified atom stereocenters. The Balaban J connectivity index is 1.85. The molecule has 0 spiro atoms. The van der Waals surface area contributed by atoms with Gasteiger partial charge < -0.3 is 9.84 Å². The summed E-state index contributed by atoms with van der Waals surface area (Å²) < 4.78 is 19.4. The van der Waals surface area contributed by atoms with E-state index in [0.717, 1.165) is 5.56 Å². The molecule has 0 radical (unpaired) electrons. The van der Waals surface area contributed by atoms with Gasteiger partial charge in [0.1, 0.15) is 23.8 Å². The molecule has 1 N–H and O–H groups in total. The standard InChI is InChI=1S/C18H19FO2/c1-11-7-8-13(10-16(11)19)21-17-9-12(2)14-5-3-4-6-15(14)18(17)20/h3-8,10,12,17-18,20H,9H2,1-2H3. The van der Waals surface area contributed by atoms with Crippen molar-refractivity contribution in [3.8, 4) is 5.75 Å². The summed E-state index contributed by atoms with van der Waals surface area (Å²) in [6.45, 7) is 3.84. The van der Waals surface area contributed by atoms with Crippen LogP contribution in [-0.4, -0.2) is 11.2 Å². The molecule has 0 saturated heterocycles. The van der Waals surface area contributed by atoms with E-state index in [4.69, 9.17) is 4.74 Å². The van der Waals surface area contributed by atoms with Gasteiger partial charge in [-0.3, -0.25) is 0 Å². The van der Waals surface area contributed by atoms with Gasteiger partial charge in [0.05, 0.1) is 0 Å². The molecule has 2 nitrogen and oxygen atoms in total. The number of aliphatic hydroxyl groups is 1. The van der Waals surface area contributed by atoms with E-state index in [0.29, 0.717) is 23.7 Å². The van der Waals surface area contributed by atoms with Gasteiger partial charge in [0.25, 0.3) is 0 Å². The Kier molecular flexibility index (Phi) is 3.68. The molecule has 2 aromatic carbocycles. The third kappa shape index (κ3) is 2.66. The molecule has 1 aliphatic carbocycles. The van der Waals surface area contributed by atoms with E-state index in [2.05, 4.69) is 6.92 Å². The second-order valence-corrected chi connectivity index (χ2v) is 5.78. The van der Waals surface area contributed by atoms with Crippen molar-refractivity contribution < 1.29 is 14.2 Å². The zero-order valence-electron chi connectivity index (χ0n) is 12.2. The third-order valence-corrected chi connectivity index (χ3v) is 4.21. The summed E-state index contributed by atoms with van der Waals surface area (Å²) in [5, 5.41) is 10.5. The minimum atomic E-state index is -0.679. The molecule has 0 heterocycles. The first-order chi connectivity index (χ1) is 10.1. The van der Waals surface area contributed by atoms with Crippen LogP contribution in [0.3, 0.4) is 0 Å². The molecule has 3 rings (SSSR count). The summed E-state index contributed by atoms with van der Waals surface area (Å²) in [5.41, 5.74) is 2.67. The summed E-state index contributed by atoms with van der Waals surface area (Å²) >= 11 is 0. The van der Waals surface area contributed by atoms with Gasteiger partial charge in [0.15, 0.2) is 0 Å². The lowest BCUT2D eigenvalue weighted by Crippen LogP contribution is -2.32. The molecular formula is C18H19FO2. The largest absolute Gasteiger partial charge is 0.487 e. The van der Waals surface area contributed by atoms with Crippen molar-refractivity contribution in [2.45, 2.75) is 38.4 Å². The molecule has 0 aromatic heterocycles. The number of hydrogen-bond acceptors (Lipinski definition) is 2. The van der Waals surface area contributed by atoms with Crippen molar-refractivity contribution in [1.82, 2.24) is 0 Å². The van der Waals surface area contributed by atoms with Crippen LogP contribution in [0.15, 0.2) is 42.5 Å². The van der Waals surface area contributed by atoms with Crippen molar-refractivity contribution in [3.63, 3.8) is 0 Å². The van der Waals surface area contributed by atoms with E-state index in [9.17, 15) is 9.50 Å². The van der Waals surface area contributed by atoms with E-state index in [1.807, 2.05) is 24.3 Å². The molecule has 21 heavy (non-hydrogen) atoms. The van der Waals surface area contributed by atoms with Gasteiger partial charge >= 0.3 is 0 Å². The van der Waals surface area contributed by atoms with Crippen LogP contribution in [0.5, 0.6) is 5.75 Å². The fraction of sp³-hybridized carbons (Fsp3) is 0.333. The Morgan fingerprint density at radius 3 is 2.57 bits per heavy atom. The predicted molar refractivity (Wildman–Crippen MR) is 80.0 cm³/mol. The lowest BCUT2D eigenvalue weighted by atomic mass is 9.80. The van der Waals surface area contributed by atoms with Crippen molar-refractivity contribution in [2.24, 2.45) is 0 Å².